The Hall–Kier alpha value is -2.91. The highest BCUT2D eigenvalue weighted by Gasteiger charge is 2.27. The van der Waals surface area contributed by atoms with Crippen molar-refractivity contribution in [1.29, 1.82) is 0 Å². The minimum absolute atomic E-state index is 0.232. The molecule has 1 N–H and O–H groups in total. The molecule has 140 valence electrons. The van der Waals surface area contributed by atoms with E-state index in [9.17, 15) is 14.4 Å². The van der Waals surface area contributed by atoms with E-state index in [1.54, 1.807) is 18.5 Å². The molecule has 3 heterocycles. The monoisotopic (exact) mass is 362 g/mol. The van der Waals surface area contributed by atoms with Gasteiger partial charge in [-0.05, 0) is 19.3 Å². The molecule has 0 amide bonds. The number of carboxylic acid groups (broad SMARTS) is 1. The van der Waals surface area contributed by atoms with Gasteiger partial charge >= 0.3 is 11.7 Å². The van der Waals surface area contributed by atoms with Crippen molar-refractivity contribution in [3.05, 3.63) is 20.8 Å². The zero-order chi connectivity index (χ0) is 19.2. The molecule has 10 heteroatoms. The van der Waals surface area contributed by atoms with Gasteiger partial charge in [-0.2, -0.15) is 10.1 Å². The van der Waals surface area contributed by atoms with E-state index in [0.29, 0.717) is 31.1 Å². The van der Waals surface area contributed by atoms with Crippen molar-refractivity contribution in [3.63, 3.8) is 0 Å². The smallest absolute Gasteiger partial charge is 0.332 e. The molecule has 2 aromatic heterocycles. The minimum atomic E-state index is -1.06. The van der Waals surface area contributed by atoms with Gasteiger partial charge in [-0.3, -0.25) is 23.3 Å². The number of nitrogens with zero attached hydrogens (tertiary/aromatic N) is 6. The maximum Gasteiger partial charge on any atom is 0.332 e. The predicted octanol–water partition coefficient (Wildman–Crippen LogP) is 0.223. The molecule has 0 spiro atoms. The number of rotatable bonds is 5. The van der Waals surface area contributed by atoms with E-state index in [1.165, 1.54) is 14.1 Å². The summed E-state index contributed by atoms with van der Waals surface area (Å²) < 4.78 is 4.19. The summed E-state index contributed by atoms with van der Waals surface area (Å²) in [5, 5.41) is 14.6. The Morgan fingerprint density at radius 2 is 2.00 bits per heavy atom. The molecule has 1 aliphatic heterocycles. The van der Waals surface area contributed by atoms with E-state index < -0.39 is 17.2 Å². The molecule has 0 fully saturated rings. The van der Waals surface area contributed by atoms with Crippen molar-refractivity contribution in [2.75, 3.05) is 11.6 Å². The fourth-order valence-electron chi connectivity index (χ4n) is 3.04. The molecule has 3 rings (SSSR count). The largest absolute Gasteiger partial charge is 0.480 e. The van der Waals surface area contributed by atoms with Gasteiger partial charge in [-0.1, -0.05) is 13.8 Å². The Balaban J connectivity index is 2.25. The van der Waals surface area contributed by atoms with Crippen molar-refractivity contribution < 1.29 is 9.90 Å². The van der Waals surface area contributed by atoms with Crippen LogP contribution >= 0.6 is 0 Å². The van der Waals surface area contributed by atoms with Gasteiger partial charge in [0.25, 0.3) is 5.56 Å². The van der Waals surface area contributed by atoms with E-state index >= 15 is 0 Å². The van der Waals surface area contributed by atoms with Crippen LogP contribution in [-0.2, 0) is 24.9 Å². The van der Waals surface area contributed by atoms with Crippen LogP contribution in [0.4, 0.5) is 5.95 Å². The number of carbonyl (C=O) groups is 1. The molecule has 1 aliphatic rings. The second kappa shape index (κ2) is 6.43. The SMILES string of the molecule is CC1=NN(CC(=O)O)c2nc3c(c(=O)n(CCC(C)C)c(=O)n3C)n2C1. The quantitative estimate of drug-likeness (QED) is 0.814. The van der Waals surface area contributed by atoms with Gasteiger partial charge in [0, 0.05) is 13.6 Å². The number of carboxylic acids is 1. The van der Waals surface area contributed by atoms with Gasteiger partial charge in [0.15, 0.2) is 11.2 Å². The van der Waals surface area contributed by atoms with Crippen molar-refractivity contribution in [2.45, 2.75) is 40.3 Å². The number of fused-ring (bicyclic) bond motifs is 3. The summed E-state index contributed by atoms with van der Waals surface area (Å²) in [5.74, 6) is -0.464. The molecule has 0 aromatic carbocycles. The standard InChI is InChI=1S/C16H22N6O4/c1-9(2)5-6-20-14(25)12-13(19(4)16(20)26)17-15-21(12)7-10(3)18-22(15)8-11(23)24/h9H,5-8H2,1-4H3,(H,23,24). The molecular weight excluding hydrogens is 340 g/mol. The first-order chi connectivity index (χ1) is 12.2. The van der Waals surface area contributed by atoms with Gasteiger partial charge in [0.1, 0.15) is 6.54 Å². The molecule has 0 aliphatic carbocycles. The minimum Gasteiger partial charge on any atom is -0.480 e. The lowest BCUT2D eigenvalue weighted by atomic mass is 10.1. The third-order valence-electron chi connectivity index (χ3n) is 4.34. The number of aryl methyl sites for hydroxylation is 1. The highest BCUT2D eigenvalue weighted by atomic mass is 16.4. The van der Waals surface area contributed by atoms with Crippen LogP contribution in [0.15, 0.2) is 14.7 Å². The highest BCUT2D eigenvalue weighted by molar-refractivity contribution is 5.88. The van der Waals surface area contributed by atoms with Crippen molar-refractivity contribution in [3.8, 4) is 0 Å². The summed E-state index contributed by atoms with van der Waals surface area (Å²) in [5.41, 5.74) is 0.333. The number of hydrogen-bond donors (Lipinski definition) is 1. The molecule has 26 heavy (non-hydrogen) atoms. The third-order valence-corrected chi connectivity index (χ3v) is 4.34. The first kappa shape index (κ1) is 17.9. The van der Waals surface area contributed by atoms with Gasteiger partial charge in [0.2, 0.25) is 5.95 Å². The number of anilines is 1. The second-order valence-electron chi connectivity index (χ2n) is 6.94. The molecule has 0 unspecified atom stereocenters. The lowest BCUT2D eigenvalue weighted by molar-refractivity contribution is -0.135. The number of hydrogen-bond acceptors (Lipinski definition) is 6. The van der Waals surface area contributed by atoms with Crippen molar-refractivity contribution >= 4 is 28.8 Å². The van der Waals surface area contributed by atoms with Crippen molar-refractivity contribution in [1.82, 2.24) is 18.7 Å². The van der Waals surface area contributed by atoms with E-state index in [2.05, 4.69) is 10.1 Å². The van der Waals surface area contributed by atoms with Gasteiger partial charge in [-0.25, -0.2) is 9.80 Å². The van der Waals surface area contributed by atoms with Crippen LogP contribution in [0.1, 0.15) is 27.2 Å². The predicted molar refractivity (Wildman–Crippen MR) is 96.8 cm³/mol. The molecule has 0 saturated carbocycles. The molecule has 0 saturated heterocycles. The van der Waals surface area contributed by atoms with Crippen molar-refractivity contribution in [2.24, 2.45) is 18.1 Å². The summed E-state index contributed by atoms with van der Waals surface area (Å²) in [6, 6.07) is 0. The van der Waals surface area contributed by atoms with Gasteiger partial charge < -0.3 is 5.11 Å². The summed E-state index contributed by atoms with van der Waals surface area (Å²) >= 11 is 0. The average molecular weight is 362 g/mol. The molecule has 2 aromatic rings. The summed E-state index contributed by atoms with van der Waals surface area (Å²) in [7, 11) is 1.56. The van der Waals surface area contributed by atoms with E-state index in [0.717, 1.165) is 0 Å². The van der Waals surface area contributed by atoms with Crippen LogP contribution < -0.4 is 16.3 Å². The fraction of sp³-hybridized carbons (Fsp3) is 0.562. The number of hydrazone groups is 1. The van der Waals surface area contributed by atoms with Crippen LogP contribution in [-0.4, -0.2) is 42.0 Å². The first-order valence-corrected chi connectivity index (χ1v) is 8.44. The Bertz CT molecular complexity index is 1030. The maximum absolute atomic E-state index is 13.0. The van der Waals surface area contributed by atoms with Gasteiger partial charge in [0.05, 0.1) is 12.3 Å². The zero-order valence-corrected chi connectivity index (χ0v) is 15.3. The summed E-state index contributed by atoms with van der Waals surface area (Å²) in [6.07, 6.45) is 0.702. The van der Waals surface area contributed by atoms with Crippen LogP contribution in [0, 0.1) is 5.92 Å². The Labute approximate surface area is 149 Å². The zero-order valence-electron chi connectivity index (χ0n) is 15.3. The topological polar surface area (TPSA) is 115 Å². The van der Waals surface area contributed by atoms with Crippen LogP contribution in [0.3, 0.4) is 0 Å². The molecule has 0 radical (unpaired) electrons. The average Bonchev–Trinajstić information content (AvgIpc) is 2.91. The maximum atomic E-state index is 13.0. The van der Waals surface area contributed by atoms with E-state index in [-0.39, 0.29) is 23.7 Å². The third kappa shape index (κ3) is 2.91. The van der Waals surface area contributed by atoms with E-state index in [4.69, 9.17) is 5.11 Å². The highest BCUT2D eigenvalue weighted by Crippen LogP contribution is 2.23. The van der Waals surface area contributed by atoms with Gasteiger partial charge in [-0.15, -0.1) is 0 Å². The summed E-state index contributed by atoms with van der Waals surface area (Å²) in [6.45, 7) is 6.07. The lowest BCUT2D eigenvalue weighted by Crippen LogP contribution is -2.40. The number of aromatic nitrogens is 4. The number of aliphatic carboxylic acids is 1. The Kier molecular flexibility index (Phi) is 4.43. The first-order valence-electron chi connectivity index (χ1n) is 8.44. The van der Waals surface area contributed by atoms with Crippen LogP contribution in [0.5, 0.6) is 0 Å². The normalized spacial score (nSPS) is 14.0. The molecular formula is C16H22N6O4. The second-order valence-corrected chi connectivity index (χ2v) is 6.94. The summed E-state index contributed by atoms with van der Waals surface area (Å²) in [4.78, 5) is 41.1. The van der Waals surface area contributed by atoms with E-state index in [1.807, 2.05) is 13.8 Å². The Morgan fingerprint density at radius 1 is 1.31 bits per heavy atom. The molecule has 0 bridgehead atoms. The number of imidazole rings is 1. The fourth-order valence-corrected chi connectivity index (χ4v) is 3.04. The van der Waals surface area contributed by atoms with Crippen LogP contribution in [0.25, 0.3) is 11.2 Å². The molecule has 10 nitrogen and oxygen atoms in total. The lowest BCUT2D eigenvalue weighted by Gasteiger charge is -2.23. The Morgan fingerprint density at radius 3 is 2.62 bits per heavy atom. The molecule has 0 atom stereocenters. The van der Waals surface area contributed by atoms with Crippen LogP contribution in [0.2, 0.25) is 0 Å².